The average molecular weight is 404 g/mol. The molecule has 5 rings (SSSR count). The van der Waals surface area contributed by atoms with Gasteiger partial charge in [0.1, 0.15) is 5.58 Å². The maximum absolute atomic E-state index is 13.1. The fourth-order valence-corrected chi connectivity index (χ4v) is 5.15. The van der Waals surface area contributed by atoms with E-state index in [4.69, 9.17) is 10.2 Å². The van der Waals surface area contributed by atoms with Crippen LogP contribution >= 0.6 is 0 Å². The van der Waals surface area contributed by atoms with Crippen molar-refractivity contribution in [1.82, 2.24) is 9.80 Å². The highest BCUT2D eigenvalue weighted by atomic mass is 16.3. The molecule has 5 nitrogen and oxygen atoms in total. The molecule has 2 aliphatic heterocycles. The SMILES string of the molecule is Cc1c(C(=O)N2CC3CN(CC[C@H](N)c4ccccc4)CC3C2)oc2ccccc12. The molecule has 156 valence electrons. The molecule has 1 aromatic heterocycles. The molecular weight excluding hydrogens is 374 g/mol. The molecule has 0 aliphatic carbocycles. The van der Waals surface area contributed by atoms with Crippen molar-refractivity contribution in [3.8, 4) is 0 Å². The van der Waals surface area contributed by atoms with Crippen molar-refractivity contribution in [3.05, 3.63) is 71.5 Å². The van der Waals surface area contributed by atoms with E-state index in [0.29, 0.717) is 17.6 Å². The van der Waals surface area contributed by atoms with Crippen molar-refractivity contribution in [2.45, 2.75) is 19.4 Å². The average Bonchev–Trinajstić information content (AvgIpc) is 3.44. The number of nitrogens with zero attached hydrogens (tertiary/aromatic N) is 2. The topological polar surface area (TPSA) is 62.7 Å². The van der Waals surface area contributed by atoms with Crippen LogP contribution in [-0.2, 0) is 0 Å². The van der Waals surface area contributed by atoms with Crippen LogP contribution in [0, 0.1) is 18.8 Å². The summed E-state index contributed by atoms with van der Waals surface area (Å²) in [6.07, 6.45) is 0.963. The second-order valence-electron chi connectivity index (χ2n) is 8.85. The molecular formula is C25H29N3O2. The zero-order chi connectivity index (χ0) is 20.7. The normalized spacial score (nSPS) is 22.5. The van der Waals surface area contributed by atoms with Crippen LogP contribution in [0.2, 0.25) is 0 Å². The van der Waals surface area contributed by atoms with Gasteiger partial charge in [0, 0.05) is 43.2 Å². The number of para-hydroxylation sites is 1. The third-order valence-corrected chi connectivity index (χ3v) is 6.87. The predicted molar refractivity (Wildman–Crippen MR) is 118 cm³/mol. The Hall–Kier alpha value is -2.63. The zero-order valence-electron chi connectivity index (χ0n) is 17.5. The van der Waals surface area contributed by atoms with E-state index in [0.717, 1.165) is 55.7 Å². The van der Waals surface area contributed by atoms with Crippen LogP contribution in [-0.4, -0.2) is 48.4 Å². The van der Waals surface area contributed by atoms with Crippen LogP contribution in [0.5, 0.6) is 0 Å². The Balaban J connectivity index is 1.18. The molecule has 2 aromatic carbocycles. The first-order valence-corrected chi connectivity index (χ1v) is 10.9. The van der Waals surface area contributed by atoms with Gasteiger partial charge >= 0.3 is 0 Å². The van der Waals surface area contributed by atoms with Gasteiger partial charge in [-0.3, -0.25) is 4.79 Å². The summed E-state index contributed by atoms with van der Waals surface area (Å²) in [5, 5.41) is 1.03. The van der Waals surface area contributed by atoms with E-state index in [-0.39, 0.29) is 11.9 Å². The van der Waals surface area contributed by atoms with Crippen molar-refractivity contribution < 1.29 is 9.21 Å². The minimum atomic E-state index is 0.0377. The zero-order valence-corrected chi connectivity index (χ0v) is 17.5. The molecule has 0 saturated carbocycles. The van der Waals surface area contributed by atoms with Crippen LogP contribution < -0.4 is 5.73 Å². The van der Waals surface area contributed by atoms with Crippen LogP contribution in [0.15, 0.2) is 59.0 Å². The molecule has 30 heavy (non-hydrogen) atoms. The number of fused-ring (bicyclic) bond motifs is 2. The highest BCUT2D eigenvalue weighted by Gasteiger charge is 2.42. The van der Waals surface area contributed by atoms with Crippen molar-refractivity contribution >= 4 is 16.9 Å². The number of amides is 1. The fourth-order valence-electron chi connectivity index (χ4n) is 5.15. The summed E-state index contributed by atoms with van der Waals surface area (Å²) in [6, 6.07) is 18.3. The van der Waals surface area contributed by atoms with Crippen LogP contribution in [0.4, 0.5) is 0 Å². The number of aryl methyl sites for hydroxylation is 1. The monoisotopic (exact) mass is 403 g/mol. The third kappa shape index (κ3) is 3.53. The summed E-state index contributed by atoms with van der Waals surface area (Å²) in [6.45, 7) is 6.74. The molecule has 2 aliphatic rings. The fraction of sp³-hybridized carbons (Fsp3) is 0.400. The molecule has 3 aromatic rings. The molecule has 5 heteroatoms. The van der Waals surface area contributed by atoms with Crippen molar-refractivity contribution in [3.63, 3.8) is 0 Å². The summed E-state index contributed by atoms with van der Waals surface area (Å²) in [5.74, 6) is 1.63. The van der Waals surface area contributed by atoms with Gasteiger partial charge in [-0.25, -0.2) is 0 Å². The van der Waals surface area contributed by atoms with Gasteiger partial charge in [-0.2, -0.15) is 0 Å². The molecule has 0 radical (unpaired) electrons. The Morgan fingerprint density at radius 2 is 1.70 bits per heavy atom. The first kappa shape index (κ1) is 19.3. The van der Waals surface area contributed by atoms with Crippen molar-refractivity contribution in [2.75, 3.05) is 32.7 Å². The lowest BCUT2D eigenvalue weighted by Gasteiger charge is -2.22. The second-order valence-corrected chi connectivity index (χ2v) is 8.85. The largest absolute Gasteiger partial charge is 0.451 e. The highest BCUT2D eigenvalue weighted by Crippen LogP contribution is 2.34. The number of benzene rings is 2. The van der Waals surface area contributed by atoms with Gasteiger partial charge in [0.2, 0.25) is 0 Å². The Labute approximate surface area is 177 Å². The lowest BCUT2D eigenvalue weighted by atomic mass is 10.0. The van der Waals surface area contributed by atoms with E-state index in [2.05, 4.69) is 17.0 Å². The number of rotatable bonds is 5. The van der Waals surface area contributed by atoms with E-state index in [1.807, 2.05) is 54.3 Å². The lowest BCUT2D eigenvalue weighted by molar-refractivity contribution is 0.0743. The quantitative estimate of drug-likeness (QED) is 0.703. The Morgan fingerprint density at radius 3 is 2.40 bits per heavy atom. The number of hydrogen-bond acceptors (Lipinski definition) is 4. The maximum atomic E-state index is 13.1. The predicted octanol–water partition coefficient (Wildman–Crippen LogP) is 3.84. The number of nitrogens with two attached hydrogens (primary N) is 1. The van der Waals surface area contributed by atoms with Crippen LogP contribution in [0.25, 0.3) is 11.0 Å². The van der Waals surface area contributed by atoms with E-state index < -0.39 is 0 Å². The Kier molecular flexibility index (Phi) is 5.09. The molecule has 3 atom stereocenters. The number of carbonyl (C=O) groups excluding carboxylic acids is 1. The van der Waals surface area contributed by atoms with Crippen molar-refractivity contribution in [2.24, 2.45) is 17.6 Å². The minimum Gasteiger partial charge on any atom is -0.451 e. The van der Waals surface area contributed by atoms with Gasteiger partial charge in [-0.1, -0.05) is 48.5 Å². The van der Waals surface area contributed by atoms with E-state index >= 15 is 0 Å². The summed E-state index contributed by atoms with van der Waals surface area (Å²) < 4.78 is 5.91. The summed E-state index contributed by atoms with van der Waals surface area (Å²) in [4.78, 5) is 17.6. The number of furan rings is 1. The van der Waals surface area contributed by atoms with E-state index in [1.54, 1.807) is 0 Å². The van der Waals surface area contributed by atoms with Gasteiger partial charge in [-0.05, 0) is 43.4 Å². The van der Waals surface area contributed by atoms with Gasteiger partial charge in [-0.15, -0.1) is 0 Å². The molecule has 3 heterocycles. The third-order valence-electron chi connectivity index (χ3n) is 6.87. The van der Waals surface area contributed by atoms with Crippen LogP contribution in [0.3, 0.4) is 0 Å². The summed E-state index contributed by atoms with van der Waals surface area (Å²) in [7, 11) is 0. The number of carbonyl (C=O) groups is 1. The van der Waals surface area contributed by atoms with E-state index in [1.165, 1.54) is 5.56 Å². The number of likely N-dealkylation sites (tertiary alicyclic amines) is 2. The van der Waals surface area contributed by atoms with Gasteiger partial charge in [0.05, 0.1) is 0 Å². The van der Waals surface area contributed by atoms with Crippen molar-refractivity contribution in [1.29, 1.82) is 0 Å². The smallest absolute Gasteiger partial charge is 0.289 e. The molecule has 2 fully saturated rings. The molecule has 2 N–H and O–H groups in total. The van der Waals surface area contributed by atoms with E-state index in [9.17, 15) is 4.79 Å². The maximum Gasteiger partial charge on any atom is 0.289 e. The lowest BCUT2D eigenvalue weighted by Crippen LogP contribution is -2.34. The van der Waals surface area contributed by atoms with Gasteiger partial charge < -0.3 is 20.0 Å². The molecule has 0 bridgehead atoms. The Bertz CT molecular complexity index is 1030. The first-order valence-electron chi connectivity index (χ1n) is 10.9. The summed E-state index contributed by atoms with van der Waals surface area (Å²) >= 11 is 0. The number of hydrogen-bond donors (Lipinski definition) is 1. The molecule has 2 saturated heterocycles. The van der Waals surface area contributed by atoms with Gasteiger partial charge in [0.15, 0.2) is 5.76 Å². The molecule has 2 unspecified atom stereocenters. The second kappa shape index (κ2) is 7.89. The molecule has 0 spiro atoms. The van der Waals surface area contributed by atoms with Crippen LogP contribution in [0.1, 0.15) is 34.1 Å². The molecule has 1 amide bonds. The highest BCUT2D eigenvalue weighted by molar-refractivity contribution is 5.99. The summed E-state index contributed by atoms with van der Waals surface area (Å²) in [5.41, 5.74) is 9.31. The standard InChI is InChI=1S/C25H29N3O2/c1-17-21-9-5-6-10-23(21)30-24(17)25(29)28-15-19-13-27(14-20(19)16-28)12-11-22(26)18-7-3-2-4-8-18/h2-10,19-20,22H,11-16,26H2,1H3/t19?,20?,22-/m0/s1. The Morgan fingerprint density at radius 1 is 1.03 bits per heavy atom. The van der Waals surface area contributed by atoms with Gasteiger partial charge in [0.25, 0.3) is 5.91 Å². The first-order chi connectivity index (χ1) is 14.6. The minimum absolute atomic E-state index is 0.0377.